The number of rotatable bonds is 9. The van der Waals surface area contributed by atoms with Gasteiger partial charge in [-0.05, 0) is 114 Å². The molecule has 2 nitrogen and oxygen atoms in total. The molecule has 1 unspecified atom stereocenters. The van der Waals surface area contributed by atoms with E-state index in [1.54, 1.807) is 0 Å². The molecule has 50 heavy (non-hydrogen) atoms. The van der Waals surface area contributed by atoms with Crippen LogP contribution in [0.15, 0.2) is 116 Å². The number of benzene rings is 5. The fourth-order valence-electron chi connectivity index (χ4n) is 7.88. The molecule has 0 spiro atoms. The van der Waals surface area contributed by atoms with Crippen LogP contribution in [0.1, 0.15) is 87.6 Å². The summed E-state index contributed by atoms with van der Waals surface area (Å²) in [6.45, 7) is 18.0. The fourth-order valence-corrected chi connectivity index (χ4v) is 7.88. The molecule has 1 aliphatic carbocycles. The lowest BCUT2D eigenvalue weighted by molar-refractivity contribution is 0.643. The van der Waals surface area contributed by atoms with E-state index in [-0.39, 0.29) is 5.41 Å². The summed E-state index contributed by atoms with van der Waals surface area (Å²) in [6.07, 6.45) is 10.6. The van der Waals surface area contributed by atoms with Crippen molar-refractivity contribution in [3.8, 4) is 50.5 Å². The van der Waals surface area contributed by atoms with Crippen LogP contribution in [0.2, 0.25) is 0 Å². The molecule has 0 aliphatic heterocycles. The second-order valence-corrected chi connectivity index (χ2v) is 14.6. The van der Waals surface area contributed by atoms with Crippen LogP contribution in [0, 0.1) is 33.6 Å². The van der Waals surface area contributed by atoms with Crippen molar-refractivity contribution in [2.45, 2.75) is 92.9 Å². The SMILES string of the molecule is CCCCC.CC[C@H]1CC1(C)c1ccc(-c2c(C)cccc2C)cc1-c1nccn1-c1ccc(-c2ccccc2)cc1-c1cc(C)ccc1C. The van der Waals surface area contributed by atoms with Crippen LogP contribution in [-0.2, 0) is 5.41 Å². The van der Waals surface area contributed by atoms with Crippen molar-refractivity contribution in [2.24, 2.45) is 5.92 Å². The molecule has 7 rings (SSSR count). The first-order valence-corrected chi connectivity index (χ1v) is 18.7. The Labute approximate surface area is 301 Å². The largest absolute Gasteiger partial charge is 0.299 e. The molecule has 1 fully saturated rings. The van der Waals surface area contributed by atoms with Crippen molar-refractivity contribution < 1.29 is 0 Å². The number of unbranched alkanes of at least 4 members (excludes halogenated alkanes) is 2. The first-order chi connectivity index (χ1) is 24.2. The highest BCUT2D eigenvalue weighted by Gasteiger charge is 2.51. The topological polar surface area (TPSA) is 17.8 Å². The number of aryl methyl sites for hydroxylation is 4. The molecule has 6 aromatic rings. The smallest absolute Gasteiger partial charge is 0.144 e. The zero-order valence-electron chi connectivity index (χ0n) is 31.5. The van der Waals surface area contributed by atoms with Gasteiger partial charge in [-0.3, -0.25) is 4.57 Å². The van der Waals surface area contributed by atoms with Crippen LogP contribution in [0.5, 0.6) is 0 Å². The molecule has 1 aromatic heterocycles. The van der Waals surface area contributed by atoms with Gasteiger partial charge in [-0.25, -0.2) is 4.98 Å². The summed E-state index contributed by atoms with van der Waals surface area (Å²) in [7, 11) is 0. The highest BCUT2D eigenvalue weighted by Crippen LogP contribution is 2.58. The molecule has 2 heteroatoms. The minimum atomic E-state index is 0.160. The van der Waals surface area contributed by atoms with Gasteiger partial charge in [0.25, 0.3) is 0 Å². The molecule has 0 radical (unpaired) electrons. The van der Waals surface area contributed by atoms with Gasteiger partial charge in [0.2, 0.25) is 0 Å². The molecule has 2 atom stereocenters. The summed E-state index contributed by atoms with van der Waals surface area (Å²) in [6, 6.07) is 38.1. The molecule has 0 saturated heterocycles. The van der Waals surface area contributed by atoms with Crippen LogP contribution < -0.4 is 0 Å². The zero-order chi connectivity index (χ0) is 35.4. The predicted molar refractivity (Wildman–Crippen MR) is 215 cm³/mol. The van der Waals surface area contributed by atoms with Gasteiger partial charge in [0.05, 0.1) is 5.69 Å². The minimum absolute atomic E-state index is 0.160. The normalized spacial score (nSPS) is 16.5. The van der Waals surface area contributed by atoms with Crippen molar-refractivity contribution in [1.29, 1.82) is 0 Å². The summed E-state index contributed by atoms with van der Waals surface area (Å²) in [5, 5.41) is 0. The average molecular weight is 659 g/mol. The number of imidazole rings is 1. The maximum absolute atomic E-state index is 5.11. The van der Waals surface area contributed by atoms with E-state index in [4.69, 9.17) is 4.98 Å². The Kier molecular flexibility index (Phi) is 10.6. The molecule has 256 valence electrons. The van der Waals surface area contributed by atoms with E-state index >= 15 is 0 Å². The Hall–Kier alpha value is -4.69. The maximum Gasteiger partial charge on any atom is 0.144 e. The Morgan fingerprint density at radius 2 is 1.36 bits per heavy atom. The van der Waals surface area contributed by atoms with Crippen LogP contribution >= 0.6 is 0 Å². The van der Waals surface area contributed by atoms with E-state index < -0.39 is 0 Å². The Morgan fingerprint density at radius 3 is 2.02 bits per heavy atom. The molecule has 1 saturated carbocycles. The number of aromatic nitrogens is 2. The molecular formula is C48H54N2. The van der Waals surface area contributed by atoms with Gasteiger partial charge in [-0.1, -0.05) is 144 Å². The third kappa shape index (κ3) is 6.99. The Balaban J connectivity index is 0.000000808. The maximum atomic E-state index is 5.11. The van der Waals surface area contributed by atoms with Gasteiger partial charge < -0.3 is 0 Å². The molecule has 0 bridgehead atoms. The lowest BCUT2D eigenvalue weighted by atomic mass is 9.86. The Morgan fingerprint density at radius 1 is 0.660 bits per heavy atom. The molecule has 0 amide bonds. The fraction of sp³-hybridized carbons (Fsp3) is 0.312. The summed E-state index contributed by atoms with van der Waals surface area (Å²) in [5.74, 6) is 1.70. The highest BCUT2D eigenvalue weighted by molar-refractivity contribution is 5.84. The van der Waals surface area contributed by atoms with Crippen molar-refractivity contribution in [3.63, 3.8) is 0 Å². The molecule has 1 aliphatic rings. The van der Waals surface area contributed by atoms with Gasteiger partial charge in [0.1, 0.15) is 5.82 Å². The monoisotopic (exact) mass is 658 g/mol. The van der Waals surface area contributed by atoms with E-state index in [0.717, 1.165) is 11.5 Å². The van der Waals surface area contributed by atoms with E-state index in [2.05, 4.69) is 169 Å². The summed E-state index contributed by atoms with van der Waals surface area (Å²) in [5.41, 5.74) is 16.6. The van der Waals surface area contributed by atoms with E-state index in [0.29, 0.717) is 5.92 Å². The van der Waals surface area contributed by atoms with E-state index in [9.17, 15) is 0 Å². The van der Waals surface area contributed by atoms with Crippen LogP contribution in [-0.4, -0.2) is 9.55 Å². The average Bonchev–Trinajstić information content (AvgIpc) is 3.56. The molecular weight excluding hydrogens is 605 g/mol. The molecule has 5 aromatic carbocycles. The van der Waals surface area contributed by atoms with Crippen molar-refractivity contribution in [1.82, 2.24) is 9.55 Å². The van der Waals surface area contributed by atoms with E-state index in [1.807, 2.05) is 6.20 Å². The van der Waals surface area contributed by atoms with Gasteiger partial charge in [0.15, 0.2) is 0 Å². The van der Waals surface area contributed by atoms with Crippen LogP contribution in [0.4, 0.5) is 0 Å². The summed E-state index contributed by atoms with van der Waals surface area (Å²) in [4.78, 5) is 5.11. The Bertz CT molecular complexity index is 2060. The molecule has 0 N–H and O–H groups in total. The highest BCUT2D eigenvalue weighted by atomic mass is 15.1. The van der Waals surface area contributed by atoms with Gasteiger partial charge in [-0.15, -0.1) is 0 Å². The predicted octanol–water partition coefficient (Wildman–Crippen LogP) is 13.7. The summed E-state index contributed by atoms with van der Waals surface area (Å²) < 4.78 is 2.33. The minimum Gasteiger partial charge on any atom is -0.299 e. The van der Waals surface area contributed by atoms with Crippen LogP contribution in [0.25, 0.3) is 50.5 Å². The van der Waals surface area contributed by atoms with Crippen molar-refractivity contribution in [2.75, 3.05) is 0 Å². The standard InChI is InChI=1S/C43H42N2.C5H12/c1-7-35-27-43(35,6)39-20-18-34(41-30(4)12-11-13-31(41)5)26-38(39)42-44-22-23-45(42)40-21-19-33(32-14-9-8-10-15-32)25-37(40)36-24-28(2)16-17-29(36)3;1-3-5-4-2/h8-26,35H,7,27H2,1-6H3;3-5H2,1-2H3/t35-,43?;/m0./s1. The first-order valence-electron chi connectivity index (χ1n) is 18.7. The molecule has 1 heterocycles. The van der Waals surface area contributed by atoms with E-state index in [1.165, 1.54) is 98.9 Å². The van der Waals surface area contributed by atoms with Gasteiger partial charge in [-0.2, -0.15) is 0 Å². The van der Waals surface area contributed by atoms with Crippen LogP contribution in [0.3, 0.4) is 0 Å². The first kappa shape index (κ1) is 35.1. The second kappa shape index (κ2) is 15.1. The number of nitrogens with zero attached hydrogens (tertiary/aromatic N) is 2. The van der Waals surface area contributed by atoms with Crippen molar-refractivity contribution >= 4 is 0 Å². The summed E-state index contributed by atoms with van der Waals surface area (Å²) >= 11 is 0. The number of hydrogen-bond acceptors (Lipinski definition) is 1. The van der Waals surface area contributed by atoms with Gasteiger partial charge in [0, 0.05) is 23.5 Å². The van der Waals surface area contributed by atoms with Crippen molar-refractivity contribution in [3.05, 3.63) is 143 Å². The second-order valence-electron chi connectivity index (χ2n) is 14.6. The quantitative estimate of drug-likeness (QED) is 0.151. The number of hydrogen-bond donors (Lipinski definition) is 0. The van der Waals surface area contributed by atoms with Gasteiger partial charge >= 0.3 is 0 Å². The lowest BCUT2D eigenvalue weighted by Crippen LogP contribution is -2.09. The zero-order valence-corrected chi connectivity index (χ0v) is 31.5. The lowest BCUT2D eigenvalue weighted by Gasteiger charge is -2.22. The third-order valence-corrected chi connectivity index (χ3v) is 10.9. The third-order valence-electron chi connectivity index (χ3n) is 10.9.